The molecule has 0 saturated heterocycles. The molecule has 0 aliphatic rings. The first-order valence-electron chi connectivity index (χ1n) is 6.24. The van der Waals surface area contributed by atoms with Gasteiger partial charge in [-0.1, -0.05) is 0 Å². The van der Waals surface area contributed by atoms with E-state index < -0.39 is 16.8 Å². The van der Waals surface area contributed by atoms with Gasteiger partial charge in [0.1, 0.15) is 17.0 Å². The topological polar surface area (TPSA) is 137 Å². The molecule has 0 atom stereocenters. The number of hydrogen-bond donors (Lipinski definition) is 2. The fourth-order valence-corrected chi connectivity index (χ4v) is 1.89. The Balaban J connectivity index is 2.38. The molecule has 0 fully saturated rings. The van der Waals surface area contributed by atoms with Crippen LogP contribution in [0.3, 0.4) is 0 Å². The van der Waals surface area contributed by atoms with E-state index in [1.54, 1.807) is 0 Å². The van der Waals surface area contributed by atoms with E-state index in [9.17, 15) is 19.7 Å². The second kappa shape index (κ2) is 6.13. The van der Waals surface area contributed by atoms with Crippen molar-refractivity contribution in [1.29, 1.82) is 0 Å². The third-order valence-corrected chi connectivity index (χ3v) is 2.92. The number of benzene rings is 1. The number of aromatic carboxylic acids is 1. The number of ether oxygens (including phenoxy) is 1. The molecule has 2 rings (SSSR count). The summed E-state index contributed by atoms with van der Waals surface area (Å²) < 4.78 is 6.06. The van der Waals surface area contributed by atoms with Crippen molar-refractivity contribution >= 4 is 23.3 Å². The SMILES string of the molecule is COc1ccc(NC(=O)c2nn(C)cc2C(=O)O)c([N+](=O)[O-])c1. The highest BCUT2D eigenvalue weighted by Gasteiger charge is 2.24. The minimum Gasteiger partial charge on any atom is -0.496 e. The minimum absolute atomic E-state index is 0.0946. The highest BCUT2D eigenvalue weighted by Crippen LogP contribution is 2.29. The van der Waals surface area contributed by atoms with Gasteiger partial charge < -0.3 is 15.2 Å². The van der Waals surface area contributed by atoms with Crippen molar-refractivity contribution in [1.82, 2.24) is 9.78 Å². The van der Waals surface area contributed by atoms with Crippen molar-refractivity contribution in [2.24, 2.45) is 7.05 Å². The Morgan fingerprint density at radius 3 is 2.70 bits per heavy atom. The number of nitrogens with zero attached hydrogens (tertiary/aromatic N) is 3. The van der Waals surface area contributed by atoms with Gasteiger partial charge in [0.15, 0.2) is 5.69 Å². The van der Waals surface area contributed by atoms with Gasteiger partial charge in [-0.2, -0.15) is 5.10 Å². The number of aryl methyl sites for hydroxylation is 1. The quantitative estimate of drug-likeness (QED) is 0.625. The Kier molecular flexibility index (Phi) is 4.25. The van der Waals surface area contributed by atoms with E-state index in [0.717, 1.165) is 6.07 Å². The van der Waals surface area contributed by atoms with E-state index in [4.69, 9.17) is 9.84 Å². The van der Waals surface area contributed by atoms with Crippen LogP contribution in [0.4, 0.5) is 11.4 Å². The van der Waals surface area contributed by atoms with Crippen LogP contribution in [0.25, 0.3) is 0 Å². The molecule has 23 heavy (non-hydrogen) atoms. The van der Waals surface area contributed by atoms with Crippen LogP contribution < -0.4 is 10.1 Å². The van der Waals surface area contributed by atoms with Crippen molar-refractivity contribution in [2.45, 2.75) is 0 Å². The Labute approximate surface area is 129 Å². The van der Waals surface area contributed by atoms with Gasteiger partial charge in [-0.25, -0.2) is 4.79 Å². The summed E-state index contributed by atoms with van der Waals surface area (Å²) in [5.41, 5.74) is -1.13. The maximum absolute atomic E-state index is 12.2. The van der Waals surface area contributed by atoms with E-state index in [0.29, 0.717) is 0 Å². The average Bonchev–Trinajstić information content (AvgIpc) is 2.89. The van der Waals surface area contributed by atoms with Gasteiger partial charge in [-0.05, 0) is 12.1 Å². The number of carbonyl (C=O) groups excluding carboxylic acids is 1. The molecule has 0 radical (unpaired) electrons. The lowest BCUT2D eigenvalue weighted by Gasteiger charge is -2.06. The third-order valence-electron chi connectivity index (χ3n) is 2.92. The summed E-state index contributed by atoms with van der Waals surface area (Å²) in [4.78, 5) is 33.7. The van der Waals surface area contributed by atoms with Crippen LogP contribution in [0.15, 0.2) is 24.4 Å². The van der Waals surface area contributed by atoms with E-state index >= 15 is 0 Å². The number of carbonyl (C=O) groups is 2. The molecule has 0 saturated carbocycles. The van der Waals surface area contributed by atoms with Crippen LogP contribution in [0.2, 0.25) is 0 Å². The standard InChI is InChI=1S/C13H12N4O6/c1-16-6-8(13(19)20)11(15-16)12(18)14-9-4-3-7(23-2)5-10(9)17(21)22/h3-6H,1-2H3,(H,14,18)(H,19,20). The molecule has 1 aromatic heterocycles. The predicted octanol–water partition coefficient (Wildman–Crippen LogP) is 1.29. The summed E-state index contributed by atoms with van der Waals surface area (Å²) in [5.74, 6) is -1.94. The molecule has 0 bridgehead atoms. The van der Waals surface area contributed by atoms with Gasteiger partial charge in [0.25, 0.3) is 11.6 Å². The van der Waals surface area contributed by atoms with Gasteiger partial charge in [-0.3, -0.25) is 19.6 Å². The van der Waals surface area contributed by atoms with Crippen LogP contribution >= 0.6 is 0 Å². The molecule has 1 heterocycles. The number of nitro groups is 1. The number of nitro benzene ring substituents is 1. The lowest BCUT2D eigenvalue weighted by Crippen LogP contribution is -2.17. The van der Waals surface area contributed by atoms with Crippen LogP contribution in [0.1, 0.15) is 20.8 Å². The molecule has 10 nitrogen and oxygen atoms in total. The first kappa shape index (κ1) is 15.9. The summed E-state index contributed by atoms with van der Waals surface area (Å²) in [6.07, 6.45) is 1.17. The molecule has 1 aromatic carbocycles. The summed E-state index contributed by atoms with van der Waals surface area (Å²) in [6.45, 7) is 0. The molecule has 1 amide bonds. The number of hydrogen-bond acceptors (Lipinski definition) is 6. The number of anilines is 1. The normalized spacial score (nSPS) is 10.2. The molecule has 0 unspecified atom stereocenters. The molecular formula is C13H12N4O6. The molecule has 120 valence electrons. The van der Waals surface area contributed by atoms with E-state index in [2.05, 4.69) is 10.4 Å². The summed E-state index contributed by atoms with van der Waals surface area (Å²) >= 11 is 0. The fourth-order valence-electron chi connectivity index (χ4n) is 1.89. The highest BCUT2D eigenvalue weighted by atomic mass is 16.6. The maximum Gasteiger partial charge on any atom is 0.339 e. The first-order valence-corrected chi connectivity index (χ1v) is 6.24. The van der Waals surface area contributed by atoms with Gasteiger partial charge >= 0.3 is 5.97 Å². The molecule has 0 spiro atoms. The second-order valence-corrected chi connectivity index (χ2v) is 4.46. The molecule has 10 heteroatoms. The smallest absolute Gasteiger partial charge is 0.339 e. The van der Waals surface area contributed by atoms with Crippen molar-refractivity contribution in [3.63, 3.8) is 0 Å². The molecule has 0 aliphatic carbocycles. The van der Waals surface area contributed by atoms with Crippen LogP contribution in [0.5, 0.6) is 5.75 Å². The number of carboxylic acid groups (broad SMARTS) is 1. The van der Waals surface area contributed by atoms with Crippen LogP contribution in [0, 0.1) is 10.1 Å². The summed E-state index contributed by atoms with van der Waals surface area (Å²) in [6, 6.07) is 3.86. The zero-order valence-electron chi connectivity index (χ0n) is 12.1. The monoisotopic (exact) mass is 320 g/mol. The van der Waals surface area contributed by atoms with Gasteiger partial charge in [0.05, 0.1) is 18.1 Å². The van der Waals surface area contributed by atoms with Gasteiger partial charge in [0, 0.05) is 13.2 Å². The average molecular weight is 320 g/mol. The number of methoxy groups -OCH3 is 1. The minimum atomic E-state index is -1.33. The van der Waals surface area contributed by atoms with Gasteiger partial charge in [-0.15, -0.1) is 0 Å². The zero-order valence-corrected chi connectivity index (χ0v) is 12.1. The number of nitrogens with one attached hydrogen (secondary N) is 1. The Bertz CT molecular complexity index is 798. The van der Waals surface area contributed by atoms with Gasteiger partial charge in [0.2, 0.25) is 0 Å². The molecule has 2 N–H and O–H groups in total. The number of aromatic nitrogens is 2. The van der Waals surface area contributed by atoms with Crippen molar-refractivity contribution < 1.29 is 24.4 Å². The van der Waals surface area contributed by atoms with E-state index in [1.807, 2.05) is 0 Å². The van der Waals surface area contributed by atoms with Crippen molar-refractivity contribution in [3.05, 3.63) is 45.8 Å². The largest absolute Gasteiger partial charge is 0.496 e. The molecule has 0 aliphatic heterocycles. The van der Waals surface area contributed by atoms with Crippen LogP contribution in [-0.2, 0) is 7.05 Å². The fraction of sp³-hybridized carbons (Fsp3) is 0.154. The van der Waals surface area contributed by atoms with Crippen molar-refractivity contribution in [3.8, 4) is 5.75 Å². The lowest BCUT2D eigenvalue weighted by molar-refractivity contribution is -0.384. The third kappa shape index (κ3) is 3.26. The number of rotatable bonds is 5. The van der Waals surface area contributed by atoms with E-state index in [-0.39, 0.29) is 28.4 Å². The molecule has 2 aromatic rings. The molecular weight excluding hydrogens is 308 g/mol. The second-order valence-electron chi connectivity index (χ2n) is 4.46. The van der Waals surface area contributed by atoms with Crippen LogP contribution in [-0.4, -0.2) is 38.8 Å². The predicted molar refractivity (Wildman–Crippen MR) is 77.8 cm³/mol. The highest BCUT2D eigenvalue weighted by molar-refractivity contribution is 6.10. The summed E-state index contributed by atoms with van der Waals surface area (Å²) in [7, 11) is 2.81. The Morgan fingerprint density at radius 2 is 2.13 bits per heavy atom. The summed E-state index contributed by atoms with van der Waals surface area (Å²) in [5, 5.41) is 26.2. The Morgan fingerprint density at radius 1 is 1.43 bits per heavy atom. The number of amides is 1. The number of carboxylic acids is 1. The first-order chi connectivity index (χ1) is 10.8. The van der Waals surface area contributed by atoms with Crippen molar-refractivity contribution in [2.75, 3.05) is 12.4 Å². The van der Waals surface area contributed by atoms with E-state index in [1.165, 1.54) is 37.2 Å². The lowest BCUT2D eigenvalue weighted by atomic mass is 10.2. The Hall–Kier alpha value is -3.43. The zero-order chi connectivity index (χ0) is 17.1. The maximum atomic E-state index is 12.2.